The molecule has 1 saturated heterocycles. The van der Waals surface area contributed by atoms with Crippen LogP contribution in [0.25, 0.3) is 0 Å². The van der Waals surface area contributed by atoms with Gasteiger partial charge in [-0.2, -0.15) is 0 Å². The number of nitrogens with one attached hydrogen (secondary N) is 1. The van der Waals surface area contributed by atoms with Crippen molar-refractivity contribution >= 4 is 5.78 Å². The molecule has 1 aliphatic heterocycles. The highest BCUT2D eigenvalue weighted by atomic mass is 19.1. The highest BCUT2D eigenvalue weighted by molar-refractivity contribution is 6.02. The standard InChI is InChI=1S/C15H21FN2O/c1-11-8-12(10-13(16)9-11)14(19)15(2,3)18-6-4-17-5-7-18/h8-10,17H,4-7H2,1-3H3. The van der Waals surface area contributed by atoms with E-state index in [2.05, 4.69) is 10.2 Å². The number of Topliss-reactive ketones (excluding diaryl/α,β-unsaturated/α-hetero) is 1. The predicted octanol–water partition coefficient (Wildman–Crippen LogP) is 2.00. The first kappa shape index (κ1) is 14.2. The van der Waals surface area contributed by atoms with Crippen LogP contribution in [0.1, 0.15) is 29.8 Å². The molecule has 0 saturated carbocycles. The molecular formula is C15H21FN2O. The second-order valence-electron chi connectivity index (χ2n) is 5.64. The van der Waals surface area contributed by atoms with Crippen LogP contribution in [0.15, 0.2) is 18.2 Å². The Hall–Kier alpha value is -1.26. The second kappa shape index (κ2) is 5.39. The van der Waals surface area contributed by atoms with Crippen molar-refractivity contribution in [2.75, 3.05) is 26.2 Å². The molecule has 3 nitrogen and oxygen atoms in total. The zero-order valence-electron chi connectivity index (χ0n) is 11.8. The minimum atomic E-state index is -0.595. The van der Waals surface area contributed by atoms with Crippen LogP contribution < -0.4 is 5.32 Å². The Labute approximate surface area is 113 Å². The van der Waals surface area contributed by atoms with Gasteiger partial charge < -0.3 is 5.32 Å². The average molecular weight is 264 g/mol. The third kappa shape index (κ3) is 3.01. The molecule has 1 aromatic carbocycles. The molecule has 19 heavy (non-hydrogen) atoms. The van der Waals surface area contributed by atoms with Gasteiger partial charge in [0.2, 0.25) is 0 Å². The second-order valence-corrected chi connectivity index (χ2v) is 5.64. The molecule has 1 aliphatic rings. The quantitative estimate of drug-likeness (QED) is 0.848. The van der Waals surface area contributed by atoms with Crippen molar-refractivity contribution in [1.82, 2.24) is 10.2 Å². The van der Waals surface area contributed by atoms with Crippen molar-refractivity contribution in [3.8, 4) is 0 Å². The summed E-state index contributed by atoms with van der Waals surface area (Å²) in [5.41, 5.74) is 0.642. The molecule has 0 amide bonds. The van der Waals surface area contributed by atoms with E-state index in [-0.39, 0.29) is 11.6 Å². The van der Waals surface area contributed by atoms with Gasteiger partial charge in [-0.15, -0.1) is 0 Å². The lowest BCUT2D eigenvalue weighted by atomic mass is 9.90. The maximum absolute atomic E-state index is 13.4. The highest BCUT2D eigenvalue weighted by Gasteiger charge is 2.35. The predicted molar refractivity (Wildman–Crippen MR) is 74.0 cm³/mol. The summed E-state index contributed by atoms with van der Waals surface area (Å²) in [6, 6.07) is 4.53. The summed E-state index contributed by atoms with van der Waals surface area (Å²) < 4.78 is 13.4. The van der Waals surface area contributed by atoms with Crippen LogP contribution in [-0.2, 0) is 0 Å². The van der Waals surface area contributed by atoms with Gasteiger partial charge in [0.05, 0.1) is 5.54 Å². The fourth-order valence-corrected chi connectivity index (χ4v) is 2.59. The summed E-state index contributed by atoms with van der Waals surface area (Å²) in [7, 11) is 0. The highest BCUT2D eigenvalue weighted by Crippen LogP contribution is 2.22. The Balaban J connectivity index is 2.25. The minimum Gasteiger partial charge on any atom is -0.314 e. The number of piperazine rings is 1. The van der Waals surface area contributed by atoms with Gasteiger partial charge in [-0.3, -0.25) is 9.69 Å². The molecule has 0 unspecified atom stereocenters. The molecule has 0 radical (unpaired) electrons. The molecule has 1 fully saturated rings. The zero-order valence-corrected chi connectivity index (χ0v) is 11.8. The fraction of sp³-hybridized carbons (Fsp3) is 0.533. The van der Waals surface area contributed by atoms with Crippen molar-refractivity contribution in [2.24, 2.45) is 0 Å². The van der Waals surface area contributed by atoms with Crippen LogP contribution >= 0.6 is 0 Å². The maximum Gasteiger partial charge on any atom is 0.182 e. The first-order chi connectivity index (χ1) is 8.91. The Bertz CT molecular complexity index is 459. The molecule has 0 bridgehead atoms. The third-order valence-corrected chi connectivity index (χ3v) is 3.77. The smallest absolute Gasteiger partial charge is 0.182 e. The van der Waals surface area contributed by atoms with Crippen LogP contribution in [0.4, 0.5) is 4.39 Å². The number of benzene rings is 1. The lowest BCUT2D eigenvalue weighted by molar-refractivity contribution is 0.0602. The molecule has 0 atom stereocenters. The van der Waals surface area contributed by atoms with Crippen molar-refractivity contribution in [1.29, 1.82) is 0 Å². The molecular weight excluding hydrogens is 243 g/mol. The van der Waals surface area contributed by atoms with E-state index < -0.39 is 5.54 Å². The first-order valence-electron chi connectivity index (χ1n) is 6.69. The van der Waals surface area contributed by atoms with E-state index in [0.717, 1.165) is 31.7 Å². The molecule has 2 rings (SSSR count). The number of nitrogens with zero attached hydrogens (tertiary/aromatic N) is 1. The number of halogens is 1. The number of rotatable bonds is 3. The Kier molecular flexibility index (Phi) is 4.02. The van der Waals surface area contributed by atoms with Gasteiger partial charge in [0, 0.05) is 31.7 Å². The van der Waals surface area contributed by atoms with E-state index in [0.29, 0.717) is 5.56 Å². The summed E-state index contributed by atoms with van der Waals surface area (Å²) in [4.78, 5) is 14.8. The summed E-state index contributed by atoms with van der Waals surface area (Å²) in [6.45, 7) is 9.09. The Morgan fingerprint density at radius 3 is 2.47 bits per heavy atom. The summed E-state index contributed by atoms with van der Waals surface area (Å²) in [5.74, 6) is -0.364. The van der Waals surface area contributed by atoms with Crippen molar-refractivity contribution < 1.29 is 9.18 Å². The van der Waals surface area contributed by atoms with Gasteiger partial charge in [0.15, 0.2) is 5.78 Å². The molecule has 1 aromatic rings. The van der Waals surface area contributed by atoms with Crippen LogP contribution in [0.5, 0.6) is 0 Å². The van der Waals surface area contributed by atoms with E-state index in [4.69, 9.17) is 0 Å². The van der Waals surface area contributed by atoms with Crippen LogP contribution in [-0.4, -0.2) is 42.4 Å². The lowest BCUT2D eigenvalue weighted by Crippen LogP contribution is -2.57. The number of aryl methyl sites for hydroxylation is 1. The van der Waals surface area contributed by atoms with E-state index in [1.165, 1.54) is 12.1 Å². The molecule has 104 valence electrons. The van der Waals surface area contributed by atoms with E-state index >= 15 is 0 Å². The fourth-order valence-electron chi connectivity index (χ4n) is 2.59. The largest absolute Gasteiger partial charge is 0.314 e. The van der Waals surface area contributed by atoms with Crippen molar-refractivity contribution in [3.63, 3.8) is 0 Å². The molecule has 1 heterocycles. The van der Waals surface area contributed by atoms with Crippen LogP contribution in [0.3, 0.4) is 0 Å². The number of carbonyl (C=O) groups excluding carboxylic acids is 1. The number of carbonyl (C=O) groups is 1. The molecule has 1 N–H and O–H groups in total. The SMILES string of the molecule is Cc1cc(F)cc(C(=O)C(C)(C)N2CCNCC2)c1. The van der Waals surface area contributed by atoms with E-state index in [1.807, 2.05) is 13.8 Å². The van der Waals surface area contributed by atoms with Crippen molar-refractivity contribution in [3.05, 3.63) is 35.1 Å². The lowest BCUT2D eigenvalue weighted by Gasteiger charge is -2.40. The Morgan fingerprint density at radius 2 is 1.89 bits per heavy atom. The third-order valence-electron chi connectivity index (χ3n) is 3.77. The van der Waals surface area contributed by atoms with E-state index in [9.17, 15) is 9.18 Å². The van der Waals surface area contributed by atoms with Crippen molar-refractivity contribution in [2.45, 2.75) is 26.3 Å². The first-order valence-corrected chi connectivity index (χ1v) is 6.69. The molecule has 4 heteroatoms. The molecule has 0 aliphatic carbocycles. The topological polar surface area (TPSA) is 32.3 Å². The molecule has 0 spiro atoms. The van der Waals surface area contributed by atoms with Gasteiger partial charge in [-0.25, -0.2) is 4.39 Å². The molecule has 0 aromatic heterocycles. The number of hydrogen-bond donors (Lipinski definition) is 1. The van der Waals surface area contributed by atoms with Crippen LogP contribution in [0.2, 0.25) is 0 Å². The number of ketones is 1. The summed E-state index contributed by atoms with van der Waals surface area (Å²) >= 11 is 0. The monoisotopic (exact) mass is 264 g/mol. The van der Waals surface area contributed by atoms with Gasteiger partial charge in [0.1, 0.15) is 5.82 Å². The summed E-state index contributed by atoms with van der Waals surface area (Å²) in [5, 5.41) is 3.27. The summed E-state index contributed by atoms with van der Waals surface area (Å²) in [6.07, 6.45) is 0. The van der Waals surface area contributed by atoms with Gasteiger partial charge in [-0.05, 0) is 44.5 Å². The Morgan fingerprint density at radius 1 is 1.26 bits per heavy atom. The maximum atomic E-state index is 13.4. The van der Waals surface area contributed by atoms with Crippen LogP contribution in [0, 0.1) is 12.7 Å². The average Bonchev–Trinajstić information content (AvgIpc) is 2.37. The van der Waals surface area contributed by atoms with Gasteiger partial charge >= 0.3 is 0 Å². The minimum absolute atomic E-state index is 0.0167. The van der Waals surface area contributed by atoms with Gasteiger partial charge in [-0.1, -0.05) is 0 Å². The van der Waals surface area contributed by atoms with Gasteiger partial charge in [0.25, 0.3) is 0 Å². The normalized spacial score (nSPS) is 17.5. The number of hydrogen-bond acceptors (Lipinski definition) is 3. The van der Waals surface area contributed by atoms with E-state index in [1.54, 1.807) is 13.0 Å². The zero-order chi connectivity index (χ0) is 14.0.